The monoisotopic (exact) mass is 251 g/mol. The summed E-state index contributed by atoms with van der Waals surface area (Å²) in [6, 6.07) is 2.45. The largest absolute Gasteiger partial charge is 0.493 e. The molecule has 18 heavy (non-hydrogen) atoms. The van der Waals surface area contributed by atoms with Crippen molar-refractivity contribution in [2.45, 2.75) is 25.8 Å². The third kappa shape index (κ3) is 2.01. The minimum absolute atomic E-state index is 0.388. The van der Waals surface area contributed by atoms with Crippen LogP contribution in [0, 0.1) is 0 Å². The smallest absolute Gasteiger partial charge is 0.203 e. The number of hydrogen-bond acceptors (Lipinski definition) is 4. The van der Waals surface area contributed by atoms with Crippen LogP contribution in [0.2, 0.25) is 0 Å². The zero-order valence-electron chi connectivity index (χ0n) is 11.5. The second kappa shape index (κ2) is 5.48. The molecule has 0 heterocycles. The third-order valence-corrected chi connectivity index (χ3v) is 3.48. The molecule has 1 aromatic rings. The first-order chi connectivity index (χ1) is 8.76. The van der Waals surface area contributed by atoms with E-state index in [1.807, 2.05) is 0 Å². The highest BCUT2D eigenvalue weighted by atomic mass is 16.5. The average Bonchev–Trinajstić information content (AvgIpc) is 2.79. The van der Waals surface area contributed by atoms with Gasteiger partial charge in [-0.2, -0.15) is 0 Å². The van der Waals surface area contributed by atoms with Gasteiger partial charge in [0.05, 0.1) is 21.3 Å². The quantitative estimate of drug-likeness (QED) is 0.871. The summed E-state index contributed by atoms with van der Waals surface area (Å²) in [5, 5.41) is 3.49. The van der Waals surface area contributed by atoms with Crippen LogP contribution in [0.3, 0.4) is 0 Å². The van der Waals surface area contributed by atoms with Gasteiger partial charge in [-0.15, -0.1) is 0 Å². The van der Waals surface area contributed by atoms with E-state index in [1.54, 1.807) is 21.3 Å². The SMILES string of the molecule is CCNC1CCc2c1cc(OC)c(OC)c2OC. The van der Waals surface area contributed by atoms with Gasteiger partial charge < -0.3 is 19.5 Å². The van der Waals surface area contributed by atoms with Crippen LogP contribution in [-0.2, 0) is 6.42 Å². The zero-order valence-corrected chi connectivity index (χ0v) is 11.5. The molecule has 0 aromatic heterocycles. The Morgan fingerprint density at radius 3 is 2.44 bits per heavy atom. The maximum atomic E-state index is 5.52. The molecule has 0 fully saturated rings. The van der Waals surface area contributed by atoms with Gasteiger partial charge >= 0.3 is 0 Å². The van der Waals surface area contributed by atoms with Crippen LogP contribution in [-0.4, -0.2) is 27.9 Å². The number of nitrogens with one attached hydrogen (secondary N) is 1. The molecule has 100 valence electrons. The second-order valence-electron chi connectivity index (χ2n) is 4.36. The third-order valence-electron chi connectivity index (χ3n) is 3.48. The molecule has 0 aliphatic heterocycles. The maximum Gasteiger partial charge on any atom is 0.203 e. The molecule has 0 radical (unpaired) electrons. The van der Waals surface area contributed by atoms with Crippen molar-refractivity contribution >= 4 is 0 Å². The van der Waals surface area contributed by atoms with Crippen LogP contribution in [0.15, 0.2) is 6.07 Å². The number of rotatable bonds is 5. The van der Waals surface area contributed by atoms with Crippen molar-refractivity contribution < 1.29 is 14.2 Å². The van der Waals surface area contributed by atoms with Gasteiger partial charge in [0, 0.05) is 11.6 Å². The van der Waals surface area contributed by atoms with Gasteiger partial charge in [-0.05, 0) is 31.0 Å². The normalized spacial score (nSPS) is 17.4. The molecule has 4 heteroatoms. The lowest BCUT2D eigenvalue weighted by molar-refractivity contribution is 0.322. The molecule has 0 saturated heterocycles. The van der Waals surface area contributed by atoms with Crippen LogP contribution in [0.25, 0.3) is 0 Å². The summed E-state index contributed by atoms with van der Waals surface area (Å²) in [7, 11) is 4.97. The molecule has 1 N–H and O–H groups in total. The van der Waals surface area contributed by atoms with Crippen molar-refractivity contribution in [2.75, 3.05) is 27.9 Å². The fraction of sp³-hybridized carbons (Fsp3) is 0.571. The van der Waals surface area contributed by atoms with E-state index in [1.165, 1.54) is 11.1 Å². The molecular weight excluding hydrogens is 230 g/mol. The molecule has 0 spiro atoms. The van der Waals surface area contributed by atoms with Gasteiger partial charge in [-0.25, -0.2) is 0 Å². The van der Waals surface area contributed by atoms with E-state index in [-0.39, 0.29) is 0 Å². The number of methoxy groups -OCH3 is 3. The second-order valence-corrected chi connectivity index (χ2v) is 4.36. The number of ether oxygens (including phenoxy) is 3. The van der Waals surface area contributed by atoms with Gasteiger partial charge in [-0.1, -0.05) is 6.92 Å². The Kier molecular flexibility index (Phi) is 3.97. The summed E-state index contributed by atoms with van der Waals surface area (Å²) in [5.74, 6) is 2.24. The number of benzene rings is 1. The van der Waals surface area contributed by atoms with Gasteiger partial charge in [0.2, 0.25) is 5.75 Å². The van der Waals surface area contributed by atoms with Gasteiger partial charge in [0.15, 0.2) is 11.5 Å². The van der Waals surface area contributed by atoms with Crippen molar-refractivity contribution in [3.63, 3.8) is 0 Å². The summed E-state index contributed by atoms with van der Waals surface area (Å²) in [6.45, 7) is 3.08. The fourth-order valence-corrected chi connectivity index (χ4v) is 2.71. The Balaban J connectivity index is 2.52. The van der Waals surface area contributed by atoms with Crippen LogP contribution in [0.4, 0.5) is 0 Å². The van der Waals surface area contributed by atoms with Crippen LogP contribution < -0.4 is 19.5 Å². The number of fused-ring (bicyclic) bond motifs is 1. The molecule has 4 nitrogen and oxygen atoms in total. The molecule has 0 saturated carbocycles. The molecule has 2 rings (SSSR count). The lowest BCUT2D eigenvalue weighted by atomic mass is 10.1. The maximum absolute atomic E-state index is 5.52. The van der Waals surface area contributed by atoms with Gasteiger partial charge in [0.1, 0.15) is 0 Å². The Bertz CT molecular complexity index is 432. The molecule has 1 aromatic carbocycles. The molecular formula is C14H21NO3. The predicted octanol–water partition coefficient (Wildman–Crippen LogP) is 2.31. The standard InChI is InChI=1S/C14H21NO3/c1-5-15-11-7-6-9-10(11)8-12(16-2)14(18-4)13(9)17-3/h8,11,15H,5-7H2,1-4H3. The van der Waals surface area contributed by atoms with Crippen molar-refractivity contribution in [3.8, 4) is 17.2 Å². The summed E-state index contributed by atoms with van der Waals surface area (Å²) in [6.07, 6.45) is 2.10. The average molecular weight is 251 g/mol. The first-order valence-electron chi connectivity index (χ1n) is 6.31. The Morgan fingerprint density at radius 1 is 1.17 bits per heavy atom. The topological polar surface area (TPSA) is 39.7 Å². The Hall–Kier alpha value is -1.42. The van der Waals surface area contributed by atoms with Gasteiger partial charge in [-0.3, -0.25) is 0 Å². The van der Waals surface area contributed by atoms with E-state index >= 15 is 0 Å². The predicted molar refractivity (Wildman–Crippen MR) is 70.8 cm³/mol. The van der Waals surface area contributed by atoms with E-state index in [2.05, 4.69) is 18.3 Å². The first-order valence-corrected chi connectivity index (χ1v) is 6.31. The fourth-order valence-electron chi connectivity index (χ4n) is 2.71. The first kappa shape index (κ1) is 13.0. The van der Waals surface area contributed by atoms with E-state index in [9.17, 15) is 0 Å². The van der Waals surface area contributed by atoms with Crippen LogP contribution in [0.5, 0.6) is 17.2 Å². The molecule has 1 aliphatic carbocycles. The van der Waals surface area contributed by atoms with Crippen molar-refractivity contribution in [1.82, 2.24) is 5.32 Å². The Morgan fingerprint density at radius 2 is 1.89 bits per heavy atom. The number of hydrogen-bond donors (Lipinski definition) is 1. The highest BCUT2D eigenvalue weighted by molar-refractivity contribution is 5.61. The van der Waals surface area contributed by atoms with Crippen LogP contribution >= 0.6 is 0 Å². The minimum Gasteiger partial charge on any atom is -0.493 e. The van der Waals surface area contributed by atoms with Crippen LogP contribution in [0.1, 0.15) is 30.5 Å². The summed E-state index contributed by atoms with van der Waals surface area (Å²) in [4.78, 5) is 0. The van der Waals surface area contributed by atoms with Crippen molar-refractivity contribution in [3.05, 3.63) is 17.2 Å². The molecule has 0 amide bonds. The summed E-state index contributed by atoms with van der Waals surface area (Å²) >= 11 is 0. The highest BCUT2D eigenvalue weighted by Gasteiger charge is 2.29. The lowest BCUT2D eigenvalue weighted by Crippen LogP contribution is -2.18. The minimum atomic E-state index is 0.388. The summed E-state index contributed by atoms with van der Waals surface area (Å²) < 4.78 is 16.3. The van der Waals surface area contributed by atoms with E-state index in [0.29, 0.717) is 11.8 Å². The lowest BCUT2D eigenvalue weighted by Gasteiger charge is -2.18. The molecule has 1 unspecified atom stereocenters. The van der Waals surface area contributed by atoms with Crippen molar-refractivity contribution in [1.29, 1.82) is 0 Å². The summed E-state index contributed by atoms with van der Waals surface area (Å²) in [5.41, 5.74) is 2.51. The molecule has 0 bridgehead atoms. The van der Waals surface area contributed by atoms with E-state index in [0.717, 1.165) is 30.9 Å². The van der Waals surface area contributed by atoms with E-state index in [4.69, 9.17) is 14.2 Å². The van der Waals surface area contributed by atoms with Gasteiger partial charge in [0.25, 0.3) is 0 Å². The van der Waals surface area contributed by atoms with Crippen molar-refractivity contribution in [2.24, 2.45) is 0 Å². The Labute approximate surface area is 108 Å². The molecule has 1 aliphatic rings. The highest BCUT2D eigenvalue weighted by Crippen LogP contribution is 2.47. The zero-order chi connectivity index (χ0) is 13.1. The van der Waals surface area contributed by atoms with E-state index < -0.39 is 0 Å². The molecule has 1 atom stereocenters.